The summed E-state index contributed by atoms with van der Waals surface area (Å²) in [6.07, 6.45) is 12.2. The standard InChI is InChI=1S/C16H25NO4.C16H19NO3.2C13H14N2O3.C8H9N3O.C5H10N2OS/c1-12-11-15(20)17(16(12)21)10-9-14(19)8-6-4-3-5-7-13(2)18;1-11-10-15(19)17(16(11)20)14-8-6-13(7-9-14)5-3-4-12(2)18;2*1-8-7-12(17)15(13(8)18)11-5-3-10(4-6-11)14-9(2)16;1-6(12)7-3-4-8(10-5-7)11-9-2;1-6-7-5(8)3-4-9-2/h12H,3-11H2,1-2H3;6-9,11H,3-5,10H2,1-2H3;2*3-6,8H,7H2,1-2H3,(H,14,16);3-5H,1-2H3;3-4H2,1-2H3. The Labute approximate surface area is 576 Å². The normalized spacial score (nSPS) is 17.1. The van der Waals surface area contributed by atoms with Crippen molar-refractivity contribution in [2.45, 2.75) is 159 Å². The highest BCUT2D eigenvalue weighted by Crippen LogP contribution is 2.30. The van der Waals surface area contributed by atoms with E-state index < -0.39 is 0 Å². The van der Waals surface area contributed by atoms with E-state index >= 15 is 0 Å². The lowest BCUT2D eigenvalue weighted by Gasteiger charge is -2.14. The Hall–Kier alpha value is -9.79. The van der Waals surface area contributed by atoms with Gasteiger partial charge in [0.05, 0.1) is 17.1 Å². The molecule has 8 rings (SSSR count). The van der Waals surface area contributed by atoms with Crippen molar-refractivity contribution < 1.29 is 71.9 Å². The topological polar surface area (TPSA) is 355 Å². The maximum absolute atomic E-state index is 11.9. The fourth-order valence-electron chi connectivity index (χ4n) is 9.91. The summed E-state index contributed by atoms with van der Waals surface area (Å²) in [6, 6.07) is 24.0. The molecule has 27 heteroatoms. The molecule has 4 atom stereocenters. The molecule has 0 radical (unpaired) electrons. The summed E-state index contributed by atoms with van der Waals surface area (Å²) in [7, 11) is 3.07. The number of rotatable bonds is 24. The van der Waals surface area contributed by atoms with Gasteiger partial charge in [-0.25, -0.2) is 4.98 Å². The zero-order valence-electron chi connectivity index (χ0n) is 58.0. The van der Waals surface area contributed by atoms with E-state index in [9.17, 15) is 71.9 Å². The summed E-state index contributed by atoms with van der Waals surface area (Å²) in [5, 5.41) is 19.2. The van der Waals surface area contributed by atoms with E-state index in [1.165, 1.54) is 53.6 Å². The Morgan fingerprint density at radius 2 is 0.908 bits per heavy atom. The summed E-state index contributed by atoms with van der Waals surface area (Å²) in [5.74, 6) is -0.867. The minimum Gasteiger partial charge on any atom is -0.326 e. The first-order chi connectivity index (χ1) is 46.4. The van der Waals surface area contributed by atoms with Gasteiger partial charge in [-0.1, -0.05) is 52.7 Å². The molecule has 4 aliphatic heterocycles. The van der Waals surface area contributed by atoms with Crippen LogP contribution in [0.4, 0.5) is 34.3 Å². The van der Waals surface area contributed by atoms with Crippen LogP contribution in [0.2, 0.25) is 0 Å². The molecule has 4 aliphatic rings. The van der Waals surface area contributed by atoms with Crippen LogP contribution in [0.1, 0.15) is 168 Å². The number of hydrogen-bond acceptors (Lipinski definition) is 20. The monoisotopic (exact) mass is 1370 g/mol. The average Bonchev–Trinajstić information content (AvgIpc) is 1.67. The molecule has 0 aliphatic carbocycles. The van der Waals surface area contributed by atoms with Gasteiger partial charge in [0.2, 0.25) is 59.1 Å². The van der Waals surface area contributed by atoms with Crippen LogP contribution >= 0.6 is 11.8 Å². The molecular weight excluding hydrogens is 1280 g/mol. The second kappa shape index (κ2) is 42.7. The number of anilines is 5. The number of likely N-dealkylation sites (tertiary alicyclic amines) is 1. The number of nitrogens with zero attached hydrogens (tertiary/aromatic N) is 9. The molecule has 98 heavy (non-hydrogen) atoms. The lowest BCUT2D eigenvalue weighted by molar-refractivity contribution is -0.140. The number of nitrogens with one attached hydrogen (secondary N) is 2. The van der Waals surface area contributed by atoms with E-state index in [1.807, 2.05) is 18.4 Å². The number of aryl methyl sites for hydroxylation is 1. The Kier molecular flexibility index (Phi) is 35.9. The fourth-order valence-corrected chi connectivity index (χ4v) is 10.3. The van der Waals surface area contributed by atoms with Crippen LogP contribution < -0.4 is 25.3 Å². The van der Waals surface area contributed by atoms with E-state index in [4.69, 9.17) is 0 Å². The average molecular weight is 1370 g/mol. The van der Waals surface area contributed by atoms with Gasteiger partial charge in [0.1, 0.15) is 17.3 Å². The first kappa shape index (κ1) is 82.4. The molecule has 4 unspecified atom stereocenters. The molecule has 3 aromatic carbocycles. The molecule has 2 N–H and O–H groups in total. The van der Waals surface area contributed by atoms with Gasteiger partial charge in [-0.05, 0) is 131 Å². The number of thioether (sulfide) groups is 1. The van der Waals surface area contributed by atoms with E-state index in [1.54, 1.807) is 133 Å². The van der Waals surface area contributed by atoms with Crippen LogP contribution in [0.15, 0.2) is 112 Å². The zero-order valence-corrected chi connectivity index (χ0v) is 58.9. The maximum Gasteiger partial charge on any atom is 0.265 e. The number of benzene rings is 3. The minimum absolute atomic E-state index is 0.00230. The second-order valence-electron chi connectivity index (χ2n) is 23.8. The summed E-state index contributed by atoms with van der Waals surface area (Å²) >= 11 is 1.63. The number of amides is 11. The molecule has 4 saturated heterocycles. The summed E-state index contributed by atoms with van der Waals surface area (Å²) in [5.41, 5.74) is 4.70. The van der Waals surface area contributed by atoms with Gasteiger partial charge in [0.15, 0.2) is 11.6 Å². The quantitative estimate of drug-likeness (QED) is 0.0285. The van der Waals surface area contributed by atoms with Gasteiger partial charge in [0, 0.05) is 145 Å². The number of imide groups is 4. The van der Waals surface area contributed by atoms with E-state index in [0.29, 0.717) is 71.9 Å². The summed E-state index contributed by atoms with van der Waals surface area (Å²) in [6.45, 7) is 14.7. The van der Waals surface area contributed by atoms with Gasteiger partial charge in [0.25, 0.3) is 5.91 Å². The number of unbranched alkanes of at least 4 members (excludes halogenated alkanes) is 3. The number of carbonyl (C=O) groups excluding carboxylic acids is 15. The molecule has 5 heterocycles. The van der Waals surface area contributed by atoms with Gasteiger partial charge >= 0.3 is 0 Å². The van der Waals surface area contributed by atoms with Crippen molar-refractivity contribution in [3.63, 3.8) is 0 Å². The molecule has 0 bridgehead atoms. The number of azo groups is 2. The highest BCUT2D eigenvalue weighted by Gasteiger charge is 2.39. The number of carbonyl (C=O) groups is 15. The molecule has 26 nitrogen and oxygen atoms in total. The molecule has 4 aromatic rings. The molecule has 1 aromatic heterocycles. The first-order valence-electron chi connectivity index (χ1n) is 32.3. The van der Waals surface area contributed by atoms with Crippen molar-refractivity contribution >= 4 is 134 Å². The van der Waals surface area contributed by atoms with Crippen molar-refractivity contribution in [3.05, 3.63) is 102 Å². The van der Waals surface area contributed by atoms with Crippen molar-refractivity contribution in [1.29, 1.82) is 0 Å². The Bertz CT molecular complexity index is 3450. The van der Waals surface area contributed by atoms with Crippen LogP contribution in [0.25, 0.3) is 0 Å². The zero-order chi connectivity index (χ0) is 73.2. The number of hydrogen-bond donors (Lipinski definition) is 2. The Balaban J connectivity index is 0.000000312. The minimum atomic E-state index is -0.257. The third kappa shape index (κ3) is 28.5. The number of ketones is 4. The van der Waals surface area contributed by atoms with Gasteiger partial charge < -0.3 is 20.2 Å². The molecule has 11 amide bonds. The van der Waals surface area contributed by atoms with Crippen LogP contribution in [0, 0.1) is 23.7 Å². The predicted octanol–water partition coefficient (Wildman–Crippen LogP) is 11.2. The van der Waals surface area contributed by atoms with Crippen molar-refractivity contribution in [2.24, 2.45) is 44.1 Å². The molecular formula is C71H91N11O15S. The van der Waals surface area contributed by atoms with Crippen LogP contribution in [-0.2, 0) is 73.5 Å². The lowest BCUT2D eigenvalue weighted by atomic mass is 10.1. The predicted molar refractivity (Wildman–Crippen MR) is 372 cm³/mol. The largest absolute Gasteiger partial charge is 0.326 e. The van der Waals surface area contributed by atoms with Crippen LogP contribution in [-0.4, -0.2) is 131 Å². The highest BCUT2D eigenvalue weighted by molar-refractivity contribution is 7.98. The fraction of sp³-hybridized carbons (Fsp3) is 0.465. The molecule has 0 saturated carbocycles. The van der Waals surface area contributed by atoms with E-state index in [2.05, 4.69) is 36.1 Å². The van der Waals surface area contributed by atoms with E-state index in [0.717, 1.165) is 49.8 Å². The highest BCUT2D eigenvalue weighted by atomic mass is 32.2. The first-order valence-corrected chi connectivity index (χ1v) is 33.7. The molecule has 526 valence electrons. The summed E-state index contributed by atoms with van der Waals surface area (Å²) < 4.78 is 0. The number of Topliss-reactive ketones (excluding diaryl/α,β-unsaturated/α-hetero) is 4. The van der Waals surface area contributed by atoms with Crippen molar-refractivity contribution in [1.82, 2.24) is 9.88 Å². The van der Waals surface area contributed by atoms with E-state index in [-0.39, 0.29) is 144 Å². The number of aromatic nitrogens is 1. The lowest BCUT2D eigenvalue weighted by Crippen LogP contribution is -2.32. The second-order valence-corrected chi connectivity index (χ2v) is 24.8. The third-order valence-corrected chi connectivity index (χ3v) is 15.7. The Morgan fingerprint density at radius 3 is 1.26 bits per heavy atom. The van der Waals surface area contributed by atoms with Crippen LogP contribution in [0.3, 0.4) is 0 Å². The van der Waals surface area contributed by atoms with Crippen molar-refractivity contribution in [2.75, 3.05) is 58.0 Å². The Morgan fingerprint density at radius 1 is 0.490 bits per heavy atom. The molecule has 4 fully saturated rings. The SMILES string of the molecule is CC(=O)CCCCCCC(=O)CCN1C(=O)CC(C)C1=O.CC(=O)CCCc1ccc(N2C(=O)CC(C)C2=O)cc1.CC(=O)Nc1ccc(N2C(=O)CC(C)C2=O)cc1.CC(=O)Nc1ccc(N2C(=O)CC(C)C2=O)cc1.CN=NC(=O)CCSC.CN=Nc1ccc(C(C)=O)cn1. The third-order valence-electron chi connectivity index (χ3n) is 15.1. The van der Waals surface area contributed by atoms with Crippen molar-refractivity contribution in [3.8, 4) is 0 Å². The number of pyridine rings is 1. The van der Waals surface area contributed by atoms with Gasteiger partial charge in [-0.3, -0.25) is 81.9 Å². The molecule has 0 spiro atoms. The van der Waals surface area contributed by atoms with Crippen LogP contribution in [0.5, 0.6) is 0 Å². The summed E-state index contributed by atoms with van der Waals surface area (Å²) in [4.78, 5) is 179. The smallest absolute Gasteiger partial charge is 0.265 e. The maximum atomic E-state index is 11.9. The van der Waals surface area contributed by atoms with Gasteiger partial charge in [-0.2, -0.15) is 22.0 Å². The van der Waals surface area contributed by atoms with Gasteiger partial charge in [-0.15, -0.1) is 10.2 Å².